The second-order valence-corrected chi connectivity index (χ2v) is 4.33. The molecule has 0 aromatic carbocycles. The Labute approximate surface area is 82.6 Å². The van der Waals surface area contributed by atoms with Crippen LogP contribution in [-0.2, 0) is 0 Å². The zero-order valence-corrected chi connectivity index (χ0v) is 8.66. The van der Waals surface area contributed by atoms with Crippen molar-refractivity contribution in [1.82, 2.24) is 10.3 Å². The molecule has 1 fully saturated rings. The molecule has 4 heteroatoms. The lowest BCUT2D eigenvalue weighted by atomic mass is 10.2. The van der Waals surface area contributed by atoms with Gasteiger partial charge in [0.2, 0.25) is 0 Å². The molecule has 1 atom stereocenters. The number of aromatic nitrogens is 1. The van der Waals surface area contributed by atoms with E-state index in [2.05, 4.69) is 21.0 Å². The highest BCUT2D eigenvalue weighted by Gasteiger charge is 2.13. The molecule has 1 aliphatic rings. The van der Waals surface area contributed by atoms with Gasteiger partial charge in [-0.1, -0.05) is 0 Å². The molecule has 0 saturated carbocycles. The number of nitrogens with zero attached hydrogens (tertiary/aromatic N) is 1. The topological polar surface area (TPSA) is 37.0 Å². The van der Waals surface area contributed by atoms with E-state index in [0.717, 1.165) is 17.4 Å². The molecule has 1 aliphatic heterocycles. The fraction of sp³-hybridized carbons (Fsp3) is 0.667. The maximum absolute atomic E-state index is 4.35. The van der Waals surface area contributed by atoms with Gasteiger partial charge in [-0.25, -0.2) is 4.98 Å². The normalized spacial score (nSPS) is 22.1. The first kappa shape index (κ1) is 8.97. The molecule has 0 radical (unpaired) electrons. The van der Waals surface area contributed by atoms with E-state index in [9.17, 15) is 0 Å². The minimum absolute atomic E-state index is 0.643. The van der Waals surface area contributed by atoms with E-state index < -0.39 is 0 Å². The summed E-state index contributed by atoms with van der Waals surface area (Å²) >= 11 is 1.68. The molecule has 2 rings (SSSR count). The molecule has 0 aliphatic carbocycles. The van der Waals surface area contributed by atoms with E-state index in [0.29, 0.717) is 6.04 Å². The third kappa shape index (κ3) is 2.42. The van der Waals surface area contributed by atoms with E-state index >= 15 is 0 Å². The van der Waals surface area contributed by atoms with E-state index in [4.69, 9.17) is 0 Å². The summed E-state index contributed by atoms with van der Waals surface area (Å²) in [5.41, 5.74) is 1.10. The smallest absolute Gasteiger partial charge is 0.182 e. The SMILES string of the molecule is Cc1csc(NCC2CCCN2)n1. The van der Waals surface area contributed by atoms with Crippen LogP contribution in [0.5, 0.6) is 0 Å². The number of rotatable bonds is 3. The van der Waals surface area contributed by atoms with Crippen molar-refractivity contribution in [2.45, 2.75) is 25.8 Å². The molecule has 1 aromatic heterocycles. The first-order chi connectivity index (χ1) is 6.34. The second kappa shape index (κ2) is 4.07. The van der Waals surface area contributed by atoms with Crippen molar-refractivity contribution in [3.8, 4) is 0 Å². The van der Waals surface area contributed by atoms with Gasteiger partial charge in [0, 0.05) is 18.0 Å². The highest BCUT2D eigenvalue weighted by molar-refractivity contribution is 7.13. The van der Waals surface area contributed by atoms with Crippen molar-refractivity contribution in [2.24, 2.45) is 0 Å². The maximum Gasteiger partial charge on any atom is 0.182 e. The van der Waals surface area contributed by atoms with Gasteiger partial charge in [0.05, 0.1) is 5.69 Å². The third-order valence-corrected chi connectivity index (χ3v) is 3.20. The van der Waals surface area contributed by atoms with Gasteiger partial charge in [-0.15, -0.1) is 11.3 Å². The molecule has 1 unspecified atom stereocenters. The zero-order chi connectivity index (χ0) is 9.10. The Bertz CT molecular complexity index is 266. The summed E-state index contributed by atoms with van der Waals surface area (Å²) in [5, 5.41) is 9.92. The predicted molar refractivity (Wildman–Crippen MR) is 56.4 cm³/mol. The van der Waals surface area contributed by atoms with Gasteiger partial charge in [0.25, 0.3) is 0 Å². The van der Waals surface area contributed by atoms with Crippen molar-refractivity contribution >= 4 is 16.5 Å². The molecule has 1 saturated heterocycles. The van der Waals surface area contributed by atoms with Crippen LogP contribution in [0.15, 0.2) is 5.38 Å². The molecule has 3 nitrogen and oxygen atoms in total. The van der Waals surface area contributed by atoms with Crippen LogP contribution in [0.1, 0.15) is 18.5 Å². The molecule has 13 heavy (non-hydrogen) atoms. The quantitative estimate of drug-likeness (QED) is 0.773. The number of hydrogen-bond donors (Lipinski definition) is 2. The number of nitrogens with one attached hydrogen (secondary N) is 2. The lowest BCUT2D eigenvalue weighted by Crippen LogP contribution is -2.29. The van der Waals surface area contributed by atoms with E-state index in [-0.39, 0.29) is 0 Å². The molecule has 72 valence electrons. The molecule has 0 amide bonds. The molecule has 0 bridgehead atoms. The minimum atomic E-state index is 0.643. The molecular weight excluding hydrogens is 182 g/mol. The predicted octanol–water partition coefficient (Wildman–Crippen LogP) is 1.62. The van der Waals surface area contributed by atoms with Crippen LogP contribution in [0.25, 0.3) is 0 Å². The molecule has 2 heterocycles. The first-order valence-electron chi connectivity index (χ1n) is 4.74. The third-order valence-electron chi connectivity index (χ3n) is 2.28. The van der Waals surface area contributed by atoms with Crippen LogP contribution in [0.2, 0.25) is 0 Å². The Balaban J connectivity index is 1.78. The second-order valence-electron chi connectivity index (χ2n) is 3.47. The Kier molecular flexibility index (Phi) is 2.80. The summed E-state index contributed by atoms with van der Waals surface area (Å²) in [6.45, 7) is 4.20. The lowest BCUT2D eigenvalue weighted by molar-refractivity contribution is 0.633. The average molecular weight is 197 g/mol. The zero-order valence-electron chi connectivity index (χ0n) is 7.84. The van der Waals surface area contributed by atoms with Crippen LogP contribution in [0.4, 0.5) is 5.13 Å². The Morgan fingerprint density at radius 2 is 2.69 bits per heavy atom. The number of hydrogen-bond acceptors (Lipinski definition) is 4. The Morgan fingerprint density at radius 1 is 1.77 bits per heavy atom. The summed E-state index contributed by atoms with van der Waals surface area (Å²) in [6.07, 6.45) is 2.60. The van der Waals surface area contributed by atoms with E-state index in [1.807, 2.05) is 6.92 Å². The van der Waals surface area contributed by atoms with Crippen LogP contribution in [-0.4, -0.2) is 24.1 Å². The van der Waals surface area contributed by atoms with Crippen molar-refractivity contribution in [1.29, 1.82) is 0 Å². The fourth-order valence-electron chi connectivity index (χ4n) is 1.58. The maximum atomic E-state index is 4.35. The van der Waals surface area contributed by atoms with Gasteiger partial charge in [0.15, 0.2) is 5.13 Å². The number of aryl methyl sites for hydroxylation is 1. The first-order valence-corrected chi connectivity index (χ1v) is 5.62. The van der Waals surface area contributed by atoms with Crippen molar-refractivity contribution in [3.05, 3.63) is 11.1 Å². The van der Waals surface area contributed by atoms with Crippen LogP contribution >= 0.6 is 11.3 Å². The molecular formula is C9H15N3S. The Morgan fingerprint density at radius 3 is 3.31 bits per heavy atom. The monoisotopic (exact) mass is 197 g/mol. The summed E-state index contributed by atoms with van der Waals surface area (Å²) in [4.78, 5) is 4.35. The van der Waals surface area contributed by atoms with Gasteiger partial charge < -0.3 is 10.6 Å². The van der Waals surface area contributed by atoms with Crippen LogP contribution in [0, 0.1) is 6.92 Å². The lowest BCUT2D eigenvalue weighted by Gasteiger charge is -2.09. The summed E-state index contributed by atoms with van der Waals surface area (Å²) < 4.78 is 0. The number of thiazole rings is 1. The summed E-state index contributed by atoms with van der Waals surface area (Å²) in [7, 11) is 0. The highest BCUT2D eigenvalue weighted by Crippen LogP contribution is 2.15. The van der Waals surface area contributed by atoms with E-state index in [1.54, 1.807) is 11.3 Å². The van der Waals surface area contributed by atoms with Gasteiger partial charge >= 0.3 is 0 Å². The fourth-order valence-corrected chi connectivity index (χ4v) is 2.27. The van der Waals surface area contributed by atoms with Crippen LogP contribution in [0.3, 0.4) is 0 Å². The minimum Gasteiger partial charge on any atom is -0.360 e. The standard InChI is InChI=1S/C9H15N3S/c1-7-6-13-9(12-7)11-5-8-3-2-4-10-8/h6,8,10H,2-5H2,1H3,(H,11,12). The summed E-state index contributed by atoms with van der Waals surface area (Å²) in [5.74, 6) is 0. The van der Waals surface area contributed by atoms with E-state index in [1.165, 1.54) is 19.4 Å². The molecule has 0 spiro atoms. The van der Waals surface area contributed by atoms with Gasteiger partial charge in [-0.3, -0.25) is 0 Å². The largest absolute Gasteiger partial charge is 0.360 e. The van der Waals surface area contributed by atoms with Gasteiger partial charge in [-0.2, -0.15) is 0 Å². The summed E-state index contributed by atoms with van der Waals surface area (Å²) in [6, 6.07) is 0.643. The molecule has 2 N–H and O–H groups in total. The van der Waals surface area contributed by atoms with Crippen molar-refractivity contribution < 1.29 is 0 Å². The average Bonchev–Trinajstić information content (AvgIpc) is 2.71. The van der Waals surface area contributed by atoms with Crippen LogP contribution < -0.4 is 10.6 Å². The Hall–Kier alpha value is -0.610. The highest BCUT2D eigenvalue weighted by atomic mass is 32.1. The van der Waals surface area contributed by atoms with Crippen molar-refractivity contribution in [2.75, 3.05) is 18.4 Å². The van der Waals surface area contributed by atoms with Gasteiger partial charge in [-0.05, 0) is 26.3 Å². The van der Waals surface area contributed by atoms with Crippen molar-refractivity contribution in [3.63, 3.8) is 0 Å². The van der Waals surface area contributed by atoms with Gasteiger partial charge in [0.1, 0.15) is 0 Å². The number of anilines is 1. The molecule has 1 aromatic rings.